The van der Waals surface area contributed by atoms with Gasteiger partial charge in [0.15, 0.2) is 0 Å². The van der Waals surface area contributed by atoms with Crippen molar-refractivity contribution in [1.29, 1.82) is 0 Å². The molecular weight excluding hydrogens is 298 g/mol. The van der Waals surface area contributed by atoms with Gasteiger partial charge in [0.1, 0.15) is 0 Å². The van der Waals surface area contributed by atoms with Crippen molar-refractivity contribution in [2.75, 3.05) is 0 Å². The third-order valence-corrected chi connectivity index (χ3v) is 3.95. The minimum absolute atomic E-state index is 0.532. The zero-order chi connectivity index (χ0) is 12.8. The van der Waals surface area contributed by atoms with Crippen LogP contribution >= 0.6 is 27.5 Å². The quantitative estimate of drug-likeness (QED) is 0.777. The van der Waals surface area contributed by atoms with E-state index < -0.39 is 0 Å². The topological polar surface area (TPSA) is 12.0 Å². The first kappa shape index (κ1) is 15.0. The third kappa shape index (κ3) is 5.41. The molecule has 0 spiro atoms. The minimum atomic E-state index is 0.532. The summed E-state index contributed by atoms with van der Waals surface area (Å²) in [6, 6.07) is 6.57. The maximum Gasteiger partial charge on any atom is 0.0462 e. The molecule has 0 bridgehead atoms. The van der Waals surface area contributed by atoms with Crippen LogP contribution in [0.5, 0.6) is 0 Å². The summed E-state index contributed by atoms with van der Waals surface area (Å²) in [6.07, 6.45) is 2.45. The van der Waals surface area contributed by atoms with Crippen molar-refractivity contribution in [1.82, 2.24) is 5.32 Å². The molecule has 1 aromatic carbocycles. The number of rotatable bonds is 6. The summed E-state index contributed by atoms with van der Waals surface area (Å²) in [5.74, 6) is 0.776. The second kappa shape index (κ2) is 7.40. The molecule has 1 nitrogen and oxygen atoms in total. The summed E-state index contributed by atoms with van der Waals surface area (Å²) in [6.45, 7) is 7.61. The Morgan fingerprint density at radius 3 is 2.65 bits per heavy atom. The van der Waals surface area contributed by atoms with Crippen LogP contribution in [0.4, 0.5) is 0 Å². The maximum absolute atomic E-state index is 6.18. The van der Waals surface area contributed by atoms with Gasteiger partial charge in [-0.3, -0.25) is 0 Å². The molecule has 0 saturated carbocycles. The van der Waals surface area contributed by atoms with Crippen LogP contribution < -0.4 is 5.32 Å². The van der Waals surface area contributed by atoms with Gasteiger partial charge in [-0.1, -0.05) is 53.9 Å². The number of halogens is 2. The van der Waals surface area contributed by atoms with E-state index in [4.69, 9.17) is 11.6 Å². The van der Waals surface area contributed by atoms with E-state index in [1.807, 2.05) is 12.1 Å². The number of nitrogens with one attached hydrogen (secondary N) is 1. The largest absolute Gasteiger partial charge is 0.310 e. The van der Waals surface area contributed by atoms with Crippen molar-refractivity contribution in [2.45, 2.75) is 46.2 Å². The van der Waals surface area contributed by atoms with Gasteiger partial charge in [-0.2, -0.15) is 0 Å². The average molecular weight is 319 g/mol. The van der Waals surface area contributed by atoms with Gasteiger partial charge in [0.05, 0.1) is 0 Å². The van der Waals surface area contributed by atoms with Crippen LogP contribution in [0, 0.1) is 5.92 Å². The second-order valence-corrected chi connectivity index (χ2v) is 6.09. The highest BCUT2D eigenvalue weighted by molar-refractivity contribution is 9.10. The molecule has 1 aromatic rings. The monoisotopic (exact) mass is 317 g/mol. The van der Waals surface area contributed by atoms with E-state index in [9.17, 15) is 0 Å². The molecule has 3 heteroatoms. The lowest BCUT2D eigenvalue weighted by atomic mass is 10.0. The summed E-state index contributed by atoms with van der Waals surface area (Å²) < 4.78 is 1.03. The molecule has 0 aliphatic carbocycles. The van der Waals surface area contributed by atoms with E-state index in [-0.39, 0.29) is 0 Å². The van der Waals surface area contributed by atoms with Crippen LogP contribution in [-0.4, -0.2) is 6.04 Å². The van der Waals surface area contributed by atoms with Crippen LogP contribution in [0.3, 0.4) is 0 Å². The van der Waals surface area contributed by atoms with E-state index in [2.05, 4.69) is 48.1 Å². The Bertz CT molecular complexity index is 354. The first-order chi connectivity index (χ1) is 8.02. The van der Waals surface area contributed by atoms with Gasteiger partial charge < -0.3 is 5.32 Å². The van der Waals surface area contributed by atoms with Crippen molar-refractivity contribution in [3.63, 3.8) is 0 Å². The molecule has 0 saturated heterocycles. The molecule has 0 fully saturated rings. The molecule has 1 N–H and O–H groups in total. The van der Waals surface area contributed by atoms with Crippen molar-refractivity contribution in [3.8, 4) is 0 Å². The average Bonchev–Trinajstić information content (AvgIpc) is 2.27. The van der Waals surface area contributed by atoms with Gasteiger partial charge in [0, 0.05) is 22.1 Å². The maximum atomic E-state index is 6.18. The van der Waals surface area contributed by atoms with Gasteiger partial charge in [0.25, 0.3) is 0 Å². The number of hydrogen-bond donors (Lipinski definition) is 1. The summed E-state index contributed by atoms with van der Waals surface area (Å²) in [5.41, 5.74) is 1.16. The first-order valence-corrected chi connectivity index (χ1v) is 7.37. The van der Waals surface area contributed by atoms with Crippen molar-refractivity contribution in [3.05, 3.63) is 33.3 Å². The Balaban J connectivity index is 2.44. The zero-order valence-electron chi connectivity index (χ0n) is 10.8. The molecule has 0 aliphatic rings. The molecule has 2 atom stereocenters. The molecule has 0 aromatic heterocycles. The van der Waals surface area contributed by atoms with Gasteiger partial charge in [-0.15, -0.1) is 0 Å². The third-order valence-electron chi connectivity index (χ3n) is 3.11. The molecule has 0 radical (unpaired) electrons. The molecule has 2 unspecified atom stereocenters. The number of benzene rings is 1. The molecule has 17 heavy (non-hydrogen) atoms. The summed E-state index contributed by atoms with van der Waals surface area (Å²) in [5, 5.41) is 4.35. The van der Waals surface area contributed by atoms with Crippen LogP contribution in [0.2, 0.25) is 5.02 Å². The number of hydrogen-bond acceptors (Lipinski definition) is 1. The minimum Gasteiger partial charge on any atom is -0.310 e. The Kier molecular flexibility index (Phi) is 6.53. The summed E-state index contributed by atoms with van der Waals surface area (Å²) in [7, 11) is 0. The molecule has 0 heterocycles. The van der Waals surface area contributed by atoms with Crippen LogP contribution in [0.1, 0.15) is 39.2 Å². The fourth-order valence-electron chi connectivity index (χ4n) is 1.80. The second-order valence-electron chi connectivity index (χ2n) is 4.77. The highest BCUT2D eigenvalue weighted by atomic mass is 79.9. The fraction of sp³-hybridized carbons (Fsp3) is 0.571. The Hall–Kier alpha value is -0.0500. The lowest BCUT2D eigenvalue weighted by Gasteiger charge is -2.18. The lowest BCUT2D eigenvalue weighted by Crippen LogP contribution is -2.27. The Morgan fingerprint density at radius 2 is 2.06 bits per heavy atom. The van der Waals surface area contributed by atoms with E-state index >= 15 is 0 Å². The molecule has 0 amide bonds. The van der Waals surface area contributed by atoms with E-state index in [0.717, 1.165) is 27.5 Å². The summed E-state index contributed by atoms with van der Waals surface area (Å²) in [4.78, 5) is 0. The van der Waals surface area contributed by atoms with E-state index in [1.54, 1.807) is 0 Å². The lowest BCUT2D eigenvalue weighted by molar-refractivity contribution is 0.412. The predicted molar refractivity (Wildman–Crippen MR) is 79.5 cm³/mol. The van der Waals surface area contributed by atoms with Crippen LogP contribution in [0.25, 0.3) is 0 Å². The highest BCUT2D eigenvalue weighted by Gasteiger charge is 2.07. The van der Waals surface area contributed by atoms with Crippen molar-refractivity contribution in [2.24, 2.45) is 5.92 Å². The normalized spacial score (nSPS) is 14.6. The Labute approximate surface area is 118 Å². The SMILES string of the molecule is CCC(C)CC(C)NCc1ccc(Br)cc1Cl. The summed E-state index contributed by atoms with van der Waals surface area (Å²) >= 11 is 9.59. The molecule has 1 rings (SSSR count). The predicted octanol–water partition coefficient (Wildman–Crippen LogP) is 5.02. The molecular formula is C14H21BrClN. The zero-order valence-corrected chi connectivity index (χ0v) is 13.1. The van der Waals surface area contributed by atoms with Gasteiger partial charge >= 0.3 is 0 Å². The van der Waals surface area contributed by atoms with Gasteiger partial charge in [0.2, 0.25) is 0 Å². The molecule has 0 aliphatic heterocycles. The van der Waals surface area contributed by atoms with Crippen molar-refractivity contribution >= 4 is 27.5 Å². The smallest absolute Gasteiger partial charge is 0.0462 e. The van der Waals surface area contributed by atoms with E-state index in [0.29, 0.717) is 6.04 Å². The fourth-order valence-corrected chi connectivity index (χ4v) is 2.54. The standard InChI is InChI=1S/C14H21BrClN/c1-4-10(2)7-11(3)17-9-12-5-6-13(15)8-14(12)16/h5-6,8,10-11,17H,4,7,9H2,1-3H3. The van der Waals surface area contributed by atoms with Crippen molar-refractivity contribution < 1.29 is 0 Å². The molecule has 96 valence electrons. The van der Waals surface area contributed by atoms with Gasteiger partial charge in [-0.05, 0) is 37.0 Å². The van der Waals surface area contributed by atoms with E-state index in [1.165, 1.54) is 12.8 Å². The van der Waals surface area contributed by atoms with Crippen LogP contribution in [-0.2, 0) is 6.54 Å². The van der Waals surface area contributed by atoms with Crippen LogP contribution in [0.15, 0.2) is 22.7 Å². The van der Waals surface area contributed by atoms with Gasteiger partial charge in [-0.25, -0.2) is 0 Å². The first-order valence-electron chi connectivity index (χ1n) is 6.20. The highest BCUT2D eigenvalue weighted by Crippen LogP contribution is 2.21. The Morgan fingerprint density at radius 1 is 1.35 bits per heavy atom.